The van der Waals surface area contributed by atoms with Gasteiger partial charge < -0.3 is 11.1 Å². The van der Waals surface area contributed by atoms with Crippen LogP contribution in [0.3, 0.4) is 0 Å². The predicted molar refractivity (Wildman–Crippen MR) is 68.8 cm³/mol. The second kappa shape index (κ2) is 4.97. The van der Waals surface area contributed by atoms with Crippen LogP contribution in [0.1, 0.15) is 28.2 Å². The highest BCUT2D eigenvalue weighted by Crippen LogP contribution is 2.17. The van der Waals surface area contributed by atoms with E-state index in [1.54, 1.807) is 0 Å². The molecule has 2 rings (SSSR count). The van der Waals surface area contributed by atoms with Crippen molar-refractivity contribution in [2.45, 2.75) is 13.0 Å². The molecule has 0 bridgehead atoms. The second-order valence-electron chi connectivity index (χ2n) is 3.67. The molecule has 0 saturated heterocycles. The first kappa shape index (κ1) is 11.6. The van der Waals surface area contributed by atoms with Crippen LogP contribution < -0.4 is 11.1 Å². The van der Waals surface area contributed by atoms with Gasteiger partial charge in [-0.05, 0) is 12.5 Å². The number of rotatable bonds is 3. The summed E-state index contributed by atoms with van der Waals surface area (Å²) < 4.78 is 0. The molecule has 1 heterocycles. The van der Waals surface area contributed by atoms with Crippen LogP contribution in [-0.2, 0) is 0 Å². The minimum Gasteiger partial charge on any atom is -0.375 e. The summed E-state index contributed by atoms with van der Waals surface area (Å²) >= 11 is 1.19. The molecule has 0 aliphatic carbocycles. The van der Waals surface area contributed by atoms with E-state index in [1.165, 1.54) is 17.5 Å². The van der Waals surface area contributed by atoms with Crippen molar-refractivity contribution in [2.24, 2.45) is 0 Å². The third kappa shape index (κ3) is 2.82. The minimum atomic E-state index is -0.143. The van der Waals surface area contributed by atoms with Crippen LogP contribution in [0.5, 0.6) is 0 Å². The highest BCUT2D eigenvalue weighted by molar-refractivity contribution is 7.17. The number of aromatic nitrogens is 1. The number of nitrogen functional groups attached to an aromatic ring is 1. The normalized spacial score (nSPS) is 12.1. The molecule has 0 aliphatic heterocycles. The zero-order valence-corrected chi connectivity index (χ0v) is 10.2. The quantitative estimate of drug-likeness (QED) is 0.873. The Labute approximate surface area is 103 Å². The monoisotopic (exact) mass is 247 g/mol. The fraction of sp³-hybridized carbons (Fsp3) is 0.167. The molecule has 1 atom stereocenters. The summed E-state index contributed by atoms with van der Waals surface area (Å²) in [4.78, 5) is 16.2. The average molecular weight is 247 g/mol. The molecule has 0 saturated carbocycles. The van der Waals surface area contributed by atoms with Gasteiger partial charge in [-0.1, -0.05) is 41.7 Å². The van der Waals surface area contributed by atoms with Crippen LogP contribution >= 0.6 is 11.3 Å². The highest BCUT2D eigenvalue weighted by Gasteiger charge is 2.13. The number of nitrogens with one attached hydrogen (secondary N) is 1. The Morgan fingerprint density at radius 2 is 2.12 bits per heavy atom. The van der Waals surface area contributed by atoms with Crippen molar-refractivity contribution in [3.05, 3.63) is 47.0 Å². The van der Waals surface area contributed by atoms with E-state index >= 15 is 0 Å². The van der Waals surface area contributed by atoms with Gasteiger partial charge in [-0.3, -0.25) is 4.79 Å². The van der Waals surface area contributed by atoms with Gasteiger partial charge in [0, 0.05) is 0 Å². The molecule has 1 aromatic heterocycles. The zero-order valence-electron chi connectivity index (χ0n) is 9.38. The third-order valence-electron chi connectivity index (χ3n) is 2.39. The molecule has 0 radical (unpaired) electrons. The molecule has 17 heavy (non-hydrogen) atoms. The Morgan fingerprint density at radius 1 is 1.41 bits per heavy atom. The lowest BCUT2D eigenvalue weighted by Gasteiger charge is -2.13. The molecule has 1 amide bonds. The molecule has 1 aromatic carbocycles. The minimum absolute atomic E-state index is 0.0352. The maximum absolute atomic E-state index is 11.8. The van der Waals surface area contributed by atoms with Crippen molar-refractivity contribution >= 4 is 22.4 Å². The number of nitrogens with zero attached hydrogens (tertiary/aromatic N) is 1. The highest BCUT2D eigenvalue weighted by atomic mass is 32.1. The molecule has 0 aliphatic rings. The molecular weight excluding hydrogens is 234 g/mol. The zero-order chi connectivity index (χ0) is 12.3. The van der Waals surface area contributed by atoms with E-state index in [4.69, 9.17) is 5.73 Å². The van der Waals surface area contributed by atoms with E-state index in [9.17, 15) is 4.79 Å². The van der Waals surface area contributed by atoms with Gasteiger partial charge in [0.1, 0.15) is 4.88 Å². The number of carbonyl (C=O) groups excluding carboxylic acids is 1. The lowest BCUT2D eigenvalue weighted by Crippen LogP contribution is -2.25. The van der Waals surface area contributed by atoms with Crippen LogP contribution in [0, 0.1) is 0 Å². The van der Waals surface area contributed by atoms with Gasteiger partial charge in [-0.2, -0.15) is 0 Å². The van der Waals surface area contributed by atoms with E-state index in [0.29, 0.717) is 10.0 Å². The summed E-state index contributed by atoms with van der Waals surface area (Å²) in [5.41, 5.74) is 6.55. The maximum atomic E-state index is 11.8. The van der Waals surface area contributed by atoms with Crippen LogP contribution in [-0.4, -0.2) is 10.9 Å². The summed E-state index contributed by atoms with van der Waals surface area (Å²) in [5, 5.41) is 3.31. The van der Waals surface area contributed by atoms with E-state index in [1.807, 2.05) is 37.3 Å². The van der Waals surface area contributed by atoms with Crippen LogP contribution in [0.4, 0.5) is 5.13 Å². The predicted octanol–water partition coefficient (Wildman–Crippen LogP) is 2.22. The lowest BCUT2D eigenvalue weighted by atomic mass is 10.1. The van der Waals surface area contributed by atoms with Gasteiger partial charge >= 0.3 is 0 Å². The number of hydrogen-bond acceptors (Lipinski definition) is 4. The number of carbonyl (C=O) groups is 1. The summed E-state index contributed by atoms with van der Waals surface area (Å²) in [5.74, 6) is -0.143. The standard InChI is InChI=1S/C12H13N3OS/c1-8(9-5-3-2-4-6-9)15-11(16)10-7-14-12(13)17-10/h2-8H,1H3,(H2,13,14)(H,15,16). The first-order valence-corrected chi connectivity index (χ1v) is 6.05. The second-order valence-corrected chi connectivity index (χ2v) is 4.73. The smallest absolute Gasteiger partial charge is 0.263 e. The fourth-order valence-electron chi connectivity index (χ4n) is 1.49. The van der Waals surface area contributed by atoms with Crippen LogP contribution in [0.15, 0.2) is 36.5 Å². The number of thiazole rings is 1. The maximum Gasteiger partial charge on any atom is 0.263 e. The van der Waals surface area contributed by atoms with Crippen molar-refractivity contribution < 1.29 is 4.79 Å². The molecule has 88 valence electrons. The topological polar surface area (TPSA) is 68.0 Å². The van der Waals surface area contributed by atoms with Crippen molar-refractivity contribution in [1.82, 2.24) is 10.3 Å². The van der Waals surface area contributed by atoms with E-state index in [0.717, 1.165) is 5.56 Å². The van der Waals surface area contributed by atoms with Crippen molar-refractivity contribution in [3.63, 3.8) is 0 Å². The van der Waals surface area contributed by atoms with Gasteiger partial charge in [-0.15, -0.1) is 0 Å². The third-order valence-corrected chi connectivity index (χ3v) is 3.22. The number of amides is 1. The molecule has 0 fully saturated rings. The van der Waals surface area contributed by atoms with Crippen molar-refractivity contribution in [3.8, 4) is 0 Å². The first-order chi connectivity index (χ1) is 8.16. The van der Waals surface area contributed by atoms with E-state index in [-0.39, 0.29) is 11.9 Å². The molecule has 3 N–H and O–H groups in total. The number of hydrogen-bond donors (Lipinski definition) is 2. The first-order valence-electron chi connectivity index (χ1n) is 5.24. The fourth-order valence-corrected chi connectivity index (χ4v) is 2.07. The van der Waals surface area contributed by atoms with Crippen molar-refractivity contribution in [1.29, 1.82) is 0 Å². The van der Waals surface area contributed by atoms with Crippen LogP contribution in [0.2, 0.25) is 0 Å². The Bertz CT molecular complexity index is 509. The molecule has 5 heteroatoms. The molecular formula is C12H13N3OS. The van der Waals surface area contributed by atoms with Crippen molar-refractivity contribution in [2.75, 3.05) is 5.73 Å². The molecule has 4 nitrogen and oxygen atoms in total. The largest absolute Gasteiger partial charge is 0.375 e. The van der Waals surface area contributed by atoms with Gasteiger partial charge in [0.05, 0.1) is 12.2 Å². The van der Waals surface area contributed by atoms with Gasteiger partial charge in [0.15, 0.2) is 5.13 Å². The summed E-state index contributed by atoms with van der Waals surface area (Å²) in [6.45, 7) is 1.94. The molecule has 0 spiro atoms. The van der Waals surface area contributed by atoms with Gasteiger partial charge in [0.2, 0.25) is 0 Å². The Morgan fingerprint density at radius 3 is 2.71 bits per heavy atom. The average Bonchev–Trinajstić information content (AvgIpc) is 2.77. The molecule has 1 unspecified atom stereocenters. The summed E-state index contributed by atoms with van der Waals surface area (Å²) in [6.07, 6.45) is 1.49. The van der Waals surface area contributed by atoms with Gasteiger partial charge in [-0.25, -0.2) is 4.98 Å². The summed E-state index contributed by atoms with van der Waals surface area (Å²) in [7, 11) is 0. The Kier molecular flexibility index (Phi) is 3.39. The van der Waals surface area contributed by atoms with Gasteiger partial charge in [0.25, 0.3) is 5.91 Å². The number of benzene rings is 1. The van der Waals surface area contributed by atoms with E-state index in [2.05, 4.69) is 10.3 Å². The molecule has 2 aromatic rings. The number of nitrogens with two attached hydrogens (primary N) is 1. The van der Waals surface area contributed by atoms with E-state index < -0.39 is 0 Å². The summed E-state index contributed by atoms with van der Waals surface area (Å²) in [6, 6.07) is 9.76. The van der Waals surface area contributed by atoms with Crippen LogP contribution in [0.25, 0.3) is 0 Å². The SMILES string of the molecule is CC(NC(=O)c1cnc(N)s1)c1ccccc1. The lowest BCUT2D eigenvalue weighted by molar-refractivity contribution is 0.0944. The Balaban J connectivity index is 2.04. The number of anilines is 1. The Hall–Kier alpha value is -1.88.